The number of halogens is 4. The molecule has 0 saturated carbocycles. The number of hydrogen-bond acceptors (Lipinski definition) is 4. The summed E-state index contributed by atoms with van der Waals surface area (Å²) in [6.45, 7) is 4.24. The second kappa shape index (κ2) is 8.67. The molecule has 35 heavy (non-hydrogen) atoms. The molecule has 0 spiro atoms. The van der Waals surface area contributed by atoms with E-state index in [9.17, 15) is 22.4 Å². The Bertz CT molecular complexity index is 1380. The van der Waals surface area contributed by atoms with Crippen molar-refractivity contribution in [3.05, 3.63) is 54.0 Å². The Morgan fingerprint density at radius 1 is 1.11 bits per heavy atom. The second-order valence-electron chi connectivity index (χ2n) is 9.37. The summed E-state index contributed by atoms with van der Waals surface area (Å²) in [6.07, 6.45) is -3.38. The Kier molecular flexibility index (Phi) is 6.12. The molecule has 10 heteroatoms. The van der Waals surface area contributed by atoms with Crippen molar-refractivity contribution in [2.75, 3.05) is 0 Å². The molecule has 0 fully saturated rings. The first-order valence-corrected chi connectivity index (χ1v) is 11.0. The van der Waals surface area contributed by atoms with E-state index in [2.05, 4.69) is 10.3 Å². The van der Waals surface area contributed by atoms with Crippen molar-refractivity contribution in [3.8, 4) is 11.3 Å². The van der Waals surface area contributed by atoms with Gasteiger partial charge >= 0.3 is 6.18 Å². The number of nitrogens with zero attached hydrogens (tertiary/aromatic N) is 2. The molecule has 0 bridgehead atoms. The lowest BCUT2D eigenvalue weighted by molar-refractivity contribution is -0.161. The van der Waals surface area contributed by atoms with Crippen molar-refractivity contribution in [2.24, 2.45) is 12.8 Å². The molecule has 2 aromatic carbocycles. The molecular formula is C25H26F4N4O2. The maximum atomic E-state index is 14.1. The number of aryl methyl sites for hydroxylation is 2. The average molecular weight is 491 g/mol. The minimum atomic E-state index is -4.77. The van der Waals surface area contributed by atoms with Crippen LogP contribution in [0.25, 0.3) is 33.2 Å². The fourth-order valence-corrected chi connectivity index (χ4v) is 4.14. The van der Waals surface area contributed by atoms with E-state index < -0.39 is 36.3 Å². The third kappa shape index (κ3) is 5.17. The topological polar surface area (TPSA) is 86.1 Å². The van der Waals surface area contributed by atoms with E-state index in [4.69, 9.17) is 10.2 Å². The van der Waals surface area contributed by atoms with Crippen molar-refractivity contribution >= 4 is 27.8 Å². The molecule has 0 aliphatic heterocycles. The maximum Gasteiger partial charge on any atom is 0.407 e. The molecule has 1 amide bonds. The summed E-state index contributed by atoms with van der Waals surface area (Å²) in [5.74, 6) is -0.218. The van der Waals surface area contributed by atoms with Crippen molar-refractivity contribution in [2.45, 2.75) is 51.1 Å². The predicted octanol–water partition coefficient (Wildman–Crippen LogP) is 5.48. The highest BCUT2D eigenvalue weighted by molar-refractivity contribution is 6.06. The largest absolute Gasteiger partial charge is 0.456 e. The average Bonchev–Trinajstić information content (AvgIpc) is 3.27. The van der Waals surface area contributed by atoms with Gasteiger partial charge in [0.1, 0.15) is 28.7 Å². The van der Waals surface area contributed by atoms with Crippen molar-refractivity contribution in [3.63, 3.8) is 0 Å². The Morgan fingerprint density at radius 2 is 1.83 bits per heavy atom. The molecular weight excluding hydrogens is 464 g/mol. The fraction of sp³-hybridized carbons (Fsp3) is 0.360. The molecule has 6 nitrogen and oxygen atoms in total. The third-order valence-electron chi connectivity index (χ3n) is 5.96. The van der Waals surface area contributed by atoms with E-state index >= 15 is 0 Å². The molecule has 2 atom stereocenters. The third-order valence-corrected chi connectivity index (χ3v) is 5.96. The zero-order valence-corrected chi connectivity index (χ0v) is 19.7. The molecule has 0 saturated heterocycles. The quantitative estimate of drug-likeness (QED) is 0.336. The summed E-state index contributed by atoms with van der Waals surface area (Å²) < 4.78 is 63.8. The standard InChI is InChI=1S/C25H26F4N4O2/c1-13-31-19(12-33(13)4)14-6-8-20-17(9-14)16-7-5-15(10-21(16)35-20)22(25(27,28)29)32-18(23(30)34)11-24(2,3)26/h5-10,12,18,22,32H,11H2,1-4H3,(H2,30,34)/t18?,22-/m0/s1. The van der Waals surface area contributed by atoms with Crippen LogP contribution in [0.15, 0.2) is 47.0 Å². The van der Waals surface area contributed by atoms with Crippen LogP contribution in [-0.2, 0) is 11.8 Å². The van der Waals surface area contributed by atoms with Gasteiger partial charge in [-0.3, -0.25) is 10.1 Å². The Labute approximate surface area is 199 Å². The molecule has 2 heterocycles. The Balaban J connectivity index is 1.74. The highest BCUT2D eigenvalue weighted by Crippen LogP contribution is 2.38. The van der Waals surface area contributed by atoms with Gasteiger partial charge in [0, 0.05) is 36.0 Å². The minimum Gasteiger partial charge on any atom is -0.456 e. The van der Waals surface area contributed by atoms with Gasteiger partial charge in [-0.1, -0.05) is 12.1 Å². The van der Waals surface area contributed by atoms with E-state index in [-0.39, 0.29) is 11.1 Å². The normalized spacial score (nSPS) is 14.5. The summed E-state index contributed by atoms with van der Waals surface area (Å²) in [4.78, 5) is 16.3. The van der Waals surface area contributed by atoms with Crippen molar-refractivity contribution < 1.29 is 26.8 Å². The first-order valence-electron chi connectivity index (χ1n) is 11.0. The number of benzene rings is 2. The van der Waals surface area contributed by atoms with Gasteiger partial charge in [-0.25, -0.2) is 9.37 Å². The number of furan rings is 1. The Hall–Kier alpha value is -3.40. The number of nitrogens with two attached hydrogens (primary N) is 1. The van der Waals surface area contributed by atoms with Crippen LogP contribution >= 0.6 is 0 Å². The van der Waals surface area contributed by atoms with Gasteiger partial charge < -0.3 is 14.7 Å². The summed E-state index contributed by atoms with van der Waals surface area (Å²) in [5.41, 5.74) is 5.59. The van der Waals surface area contributed by atoms with E-state index in [1.807, 2.05) is 36.9 Å². The number of carbonyl (C=O) groups excluding carboxylic acids is 1. The van der Waals surface area contributed by atoms with Gasteiger partial charge in [-0.2, -0.15) is 13.2 Å². The number of alkyl halides is 4. The number of rotatable bonds is 7. The maximum absolute atomic E-state index is 14.1. The summed E-state index contributed by atoms with van der Waals surface area (Å²) in [7, 11) is 1.89. The second-order valence-corrected chi connectivity index (χ2v) is 9.37. The lowest BCUT2D eigenvalue weighted by Crippen LogP contribution is -2.49. The van der Waals surface area contributed by atoms with E-state index in [1.54, 1.807) is 12.1 Å². The fourth-order valence-electron chi connectivity index (χ4n) is 4.14. The highest BCUT2D eigenvalue weighted by atomic mass is 19.4. The number of hydrogen-bond donors (Lipinski definition) is 2. The molecule has 0 aliphatic rings. The van der Waals surface area contributed by atoms with Crippen molar-refractivity contribution in [1.82, 2.24) is 14.9 Å². The van der Waals surface area contributed by atoms with Crippen LogP contribution in [0.1, 0.15) is 37.7 Å². The van der Waals surface area contributed by atoms with Crippen LogP contribution in [0.4, 0.5) is 17.6 Å². The first-order chi connectivity index (χ1) is 16.2. The molecule has 3 N–H and O–H groups in total. The molecule has 0 aliphatic carbocycles. The number of fused-ring (bicyclic) bond motifs is 3. The van der Waals surface area contributed by atoms with Crippen LogP contribution in [0.2, 0.25) is 0 Å². The van der Waals surface area contributed by atoms with Crippen LogP contribution in [-0.4, -0.2) is 33.3 Å². The lowest BCUT2D eigenvalue weighted by atomic mass is 9.97. The van der Waals surface area contributed by atoms with Gasteiger partial charge in [-0.05, 0) is 50.6 Å². The zero-order chi connectivity index (χ0) is 25.7. The number of amides is 1. The molecule has 186 valence electrons. The summed E-state index contributed by atoms with van der Waals surface area (Å²) >= 11 is 0. The SMILES string of the molecule is Cc1nc(-c2ccc3oc4cc([C@H](NC(CC(C)(C)F)C(N)=O)C(F)(F)F)ccc4c3c2)cn1C. The summed E-state index contributed by atoms with van der Waals surface area (Å²) in [5, 5.41) is 3.58. The van der Waals surface area contributed by atoms with Crippen LogP contribution in [0.3, 0.4) is 0 Å². The van der Waals surface area contributed by atoms with E-state index in [1.165, 1.54) is 26.0 Å². The zero-order valence-electron chi connectivity index (χ0n) is 19.7. The van der Waals surface area contributed by atoms with Gasteiger partial charge in [0.15, 0.2) is 0 Å². The smallest absolute Gasteiger partial charge is 0.407 e. The molecule has 4 rings (SSSR count). The molecule has 1 unspecified atom stereocenters. The minimum absolute atomic E-state index is 0.174. The lowest BCUT2D eigenvalue weighted by Gasteiger charge is -2.28. The van der Waals surface area contributed by atoms with Gasteiger partial charge in [0.25, 0.3) is 0 Å². The molecule has 2 aromatic heterocycles. The van der Waals surface area contributed by atoms with Crippen LogP contribution in [0, 0.1) is 6.92 Å². The number of aromatic nitrogens is 2. The highest BCUT2D eigenvalue weighted by Gasteiger charge is 2.43. The van der Waals surface area contributed by atoms with Crippen LogP contribution in [0.5, 0.6) is 0 Å². The van der Waals surface area contributed by atoms with Gasteiger partial charge in [0.2, 0.25) is 5.91 Å². The number of primary amides is 1. The van der Waals surface area contributed by atoms with Gasteiger partial charge in [0.05, 0.1) is 11.7 Å². The number of imidazole rings is 1. The Morgan fingerprint density at radius 3 is 2.40 bits per heavy atom. The first kappa shape index (κ1) is 24.7. The molecule has 4 aromatic rings. The van der Waals surface area contributed by atoms with E-state index in [0.29, 0.717) is 11.0 Å². The number of nitrogens with one attached hydrogen (secondary N) is 1. The summed E-state index contributed by atoms with van der Waals surface area (Å²) in [6, 6.07) is 5.85. The predicted molar refractivity (Wildman–Crippen MR) is 125 cm³/mol. The van der Waals surface area contributed by atoms with Crippen molar-refractivity contribution in [1.29, 1.82) is 0 Å². The van der Waals surface area contributed by atoms with E-state index in [0.717, 1.165) is 22.5 Å². The number of carbonyl (C=O) groups is 1. The molecule has 0 radical (unpaired) electrons. The van der Waals surface area contributed by atoms with Crippen LogP contribution < -0.4 is 11.1 Å². The monoisotopic (exact) mass is 490 g/mol. The van der Waals surface area contributed by atoms with Gasteiger partial charge in [-0.15, -0.1) is 0 Å².